The summed E-state index contributed by atoms with van der Waals surface area (Å²) in [5.74, 6) is 1.11. The Bertz CT molecular complexity index is 574. The van der Waals surface area contributed by atoms with E-state index in [-0.39, 0.29) is 5.91 Å². The van der Waals surface area contributed by atoms with Gasteiger partial charge in [-0.25, -0.2) is 0 Å². The van der Waals surface area contributed by atoms with Crippen molar-refractivity contribution in [2.45, 2.75) is 25.8 Å². The summed E-state index contributed by atoms with van der Waals surface area (Å²) in [6.45, 7) is 8.11. The molecule has 3 heterocycles. The van der Waals surface area contributed by atoms with Gasteiger partial charge in [0.15, 0.2) is 5.96 Å². The van der Waals surface area contributed by atoms with Crippen LogP contribution in [0, 0.1) is 0 Å². The Morgan fingerprint density at radius 3 is 2.44 bits per heavy atom. The molecule has 7 heteroatoms. The zero-order valence-electron chi connectivity index (χ0n) is 15.3. The van der Waals surface area contributed by atoms with Crippen molar-refractivity contribution >= 4 is 23.2 Å². The van der Waals surface area contributed by atoms with E-state index in [0.29, 0.717) is 6.04 Å². The average Bonchev–Trinajstić information content (AvgIpc) is 3.33. The van der Waals surface area contributed by atoms with Crippen LogP contribution >= 0.6 is 11.3 Å². The van der Waals surface area contributed by atoms with Gasteiger partial charge in [0, 0.05) is 51.6 Å². The number of aliphatic imine (C=N–C) groups is 1. The lowest BCUT2D eigenvalue weighted by Crippen LogP contribution is -2.54. The van der Waals surface area contributed by atoms with E-state index < -0.39 is 0 Å². The van der Waals surface area contributed by atoms with Gasteiger partial charge in [-0.05, 0) is 37.4 Å². The lowest BCUT2D eigenvalue weighted by Gasteiger charge is -2.37. The van der Waals surface area contributed by atoms with Crippen LogP contribution in [-0.4, -0.2) is 79.4 Å². The largest absolute Gasteiger partial charge is 0.354 e. The topological polar surface area (TPSA) is 51.2 Å². The van der Waals surface area contributed by atoms with Crippen molar-refractivity contribution in [1.82, 2.24) is 20.0 Å². The molecule has 3 rings (SSSR count). The lowest BCUT2D eigenvalue weighted by atomic mass is 10.2. The molecular weight excluding hydrogens is 334 g/mol. The molecule has 25 heavy (non-hydrogen) atoms. The fourth-order valence-corrected chi connectivity index (χ4v) is 4.56. The number of hydrogen-bond acceptors (Lipinski definition) is 4. The first kappa shape index (κ1) is 18.2. The normalized spacial score (nSPS) is 20.8. The molecule has 6 nitrogen and oxygen atoms in total. The van der Waals surface area contributed by atoms with Crippen LogP contribution in [0.2, 0.25) is 0 Å². The van der Waals surface area contributed by atoms with Crippen LogP contribution in [0.3, 0.4) is 0 Å². The van der Waals surface area contributed by atoms with E-state index in [2.05, 4.69) is 37.6 Å². The van der Waals surface area contributed by atoms with Crippen LogP contribution in [0.4, 0.5) is 0 Å². The minimum absolute atomic E-state index is 0.161. The van der Waals surface area contributed by atoms with Crippen LogP contribution in [0.5, 0.6) is 0 Å². The number of carbonyl (C=O) groups is 1. The highest BCUT2D eigenvalue weighted by atomic mass is 32.1. The summed E-state index contributed by atoms with van der Waals surface area (Å²) in [4.78, 5) is 24.1. The second-order valence-corrected chi connectivity index (χ2v) is 7.67. The number of carbonyl (C=O) groups excluding carboxylic acids is 1. The van der Waals surface area contributed by atoms with Crippen LogP contribution in [0.15, 0.2) is 22.5 Å². The maximum atomic E-state index is 11.5. The molecule has 0 spiro atoms. The van der Waals surface area contributed by atoms with Gasteiger partial charge in [0.1, 0.15) is 0 Å². The number of nitrogens with one attached hydrogen (secondary N) is 1. The molecule has 2 saturated heterocycles. The first-order valence-electron chi connectivity index (χ1n) is 9.17. The van der Waals surface area contributed by atoms with Gasteiger partial charge in [-0.2, -0.15) is 0 Å². The number of amides is 1. The summed E-state index contributed by atoms with van der Waals surface area (Å²) < 4.78 is 0. The second kappa shape index (κ2) is 8.67. The molecule has 0 bridgehead atoms. The number of hydrogen-bond donors (Lipinski definition) is 1. The van der Waals surface area contributed by atoms with Gasteiger partial charge in [-0.15, -0.1) is 11.3 Å². The van der Waals surface area contributed by atoms with Crippen molar-refractivity contribution in [1.29, 1.82) is 0 Å². The summed E-state index contributed by atoms with van der Waals surface area (Å²) in [5.41, 5.74) is 0. The second-order valence-electron chi connectivity index (χ2n) is 6.70. The molecule has 1 atom stereocenters. The Hall–Kier alpha value is -1.60. The van der Waals surface area contributed by atoms with Crippen molar-refractivity contribution in [2.24, 2.45) is 4.99 Å². The van der Waals surface area contributed by atoms with Gasteiger partial charge in [0.05, 0.1) is 6.04 Å². The molecular formula is C18H29N5OS. The summed E-state index contributed by atoms with van der Waals surface area (Å²) in [7, 11) is 1.84. The quantitative estimate of drug-likeness (QED) is 0.652. The Labute approximate surface area is 154 Å². The van der Waals surface area contributed by atoms with E-state index in [1.807, 2.05) is 23.3 Å². The van der Waals surface area contributed by atoms with E-state index in [1.54, 1.807) is 6.92 Å². The highest BCUT2D eigenvalue weighted by Gasteiger charge is 2.26. The molecule has 0 saturated carbocycles. The highest BCUT2D eigenvalue weighted by Crippen LogP contribution is 2.27. The molecule has 2 aliphatic rings. The van der Waals surface area contributed by atoms with Crippen molar-refractivity contribution < 1.29 is 4.79 Å². The van der Waals surface area contributed by atoms with Crippen LogP contribution in [0.1, 0.15) is 30.7 Å². The molecule has 1 unspecified atom stereocenters. The number of likely N-dealkylation sites (tertiary alicyclic amines) is 1. The van der Waals surface area contributed by atoms with Crippen molar-refractivity contribution in [3.63, 3.8) is 0 Å². The summed E-state index contributed by atoms with van der Waals surface area (Å²) in [5, 5.41) is 5.75. The Morgan fingerprint density at radius 1 is 1.20 bits per heavy atom. The third-order valence-corrected chi connectivity index (χ3v) is 6.12. The fourth-order valence-electron chi connectivity index (χ4n) is 3.70. The predicted molar refractivity (Wildman–Crippen MR) is 103 cm³/mol. The fraction of sp³-hybridized carbons (Fsp3) is 0.667. The Kier molecular flexibility index (Phi) is 6.31. The lowest BCUT2D eigenvalue weighted by molar-refractivity contribution is -0.130. The highest BCUT2D eigenvalue weighted by molar-refractivity contribution is 7.10. The van der Waals surface area contributed by atoms with E-state index in [0.717, 1.165) is 38.7 Å². The molecule has 2 aliphatic heterocycles. The zero-order valence-corrected chi connectivity index (χ0v) is 16.1. The van der Waals surface area contributed by atoms with E-state index in [9.17, 15) is 4.79 Å². The van der Waals surface area contributed by atoms with E-state index >= 15 is 0 Å². The molecule has 1 aromatic rings. The average molecular weight is 364 g/mol. The smallest absolute Gasteiger partial charge is 0.219 e. The van der Waals surface area contributed by atoms with Gasteiger partial charge in [0.2, 0.25) is 5.91 Å². The van der Waals surface area contributed by atoms with Gasteiger partial charge < -0.3 is 15.1 Å². The van der Waals surface area contributed by atoms with Crippen molar-refractivity contribution in [3.05, 3.63) is 22.4 Å². The monoisotopic (exact) mass is 363 g/mol. The molecule has 0 aliphatic carbocycles. The molecule has 1 aromatic heterocycles. The van der Waals surface area contributed by atoms with E-state index in [1.165, 1.54) is 30.8 Å². The standard InChI is InChI=1S/C18H29N5OS/c1-15(24)21-9-11-23(12-10-21)18(19-2)20-14-16(17-6-5-13-25-17)22-7-3-4-8-22/h5-6,13,16H,3-4,7-12,14H2,1-2H3,(H,19,20). The van der Waals surface area contributed by atoms with Gasteiger partial charge in [-0.3, -0.25) is 14.7 Å². The van der Waals surface area contributed by atoms with Gasteiger partial charge in [-0.1, -0.05) is 6.07 Å². The zero-order chi connectivity index (χ0) is 17.6. The SMILES string of the molecule is CN=C(NCC(c1cccs1)N1CCCC1)N1CCN(C(C)=O)CC1. The molecule has 0 radical (unpaired) electrons. The summed E-state index contributed by atoms with van der Waals surface area (Å²) in [6.07, 6.45) is 2.59. The number of piperazine rings is 1. The third-order valence-electron chi connectivity index (χ3n) is 5.14. The Morgan fingerprint density at radius 2 is 1.88 bits per heavy atom. The van der Waals surface area contributed by atoms with Crippen molar-refractivity contribution in [3.8, 4) is 0 Å². The molecule has 1 amide bonds. The number of guanidine groups is 1. The molecule has 2 fully saturated rings. The maximum Gasteiger partial charge on any atom is 0.219 e. The van der Waals surface area contributed by atoms with Gasteiger partial charge in [0.25, 0.3) is 0 Å². The van der Waals surface area contributed by atoms with Crippen molar-refractivity contribution in [2.75, 3.05) is 52.9 Å². The minimum atomic E-state index is 0.161. The minimum Gasteiger partial charge on any atom is -0.354 e. The number of rotatable bonds is 4. The molecule has 0 aromatic carbocycles. The summed E-state index contributed by atoms with van der Waals surface area (Å²) in [6, 6.07) is 4.79. The van der Waals surface area contributed by atoms with E-state index in [4.69, 9.17) is 0 Å². The summed E-state index contributed by atoms with van der Waals surface area (Å²) >= 11 is 1.84. The molecule has 138 valence electrons. The predicted octanol–water partition coefficient (Wildman–Crippen LogP) is 1.62. The molecule has 1 N–H and O–H groups in total. The van der Waals surface area contributed by atoms with Crippen LogP contribution in [-0.2, 0) is 4.79 Å². The Balaban J connectivity index is 1.58. The number of nitrogens with zero attached hydrogens (tertiary/aromatic N) is 4. The maximum absolute atomic E-state index is 11.5. The first-order chi connectivity index (χ1) is 12.2. The van der Waals surface area contributed by atoms with Gasteiger partial charge >= 0.3 is 0 Å². The van der Waals surface area contributed by atoms with Crippen LogP contribution < -0.4 is 5.32 Å². The first-order valence-corrected chi connectivity index (χ1v) is 10.1. The third kappa shape index (κ3) is 4.52. The van der Waals surface area contributed by atoms with Crippen LogP contribution in [0.25, 0.3) is 0 Å². The number of thiophene rings is 1.